The van der Waals surface area contributed by atoms with E-state index >= 15 is 0 Å². The summed E-state index contributed by atoms with van der Waals surface area (Å²) in [6, 6.07) is 14.2. The summed E-state index contributed by atoms with van der Waals surface area (Å²) in [5.41, 5.74) is 1.09. The van der Waals surface area contributed by atoms with Crippen LogP contribution in [-0.4, -0.2) is 48.4 Å². The molecule has 29 heavy (non-hydrogen) atoms. The molecule has 2 aromatic rings. The Hall–Kier alpha value is -2.18. The van der Waals surface area contributed by atoms with Crippen molar-refractivity contribution < 1.29 is 14.3 Å². The molecule has 0 saturated heterocycles. The highest BCUT2D eigenvalue weighted by Gasteiger charge is 2.34. The number of hydrogen-bond acceptors (Lipinski definition) is 4. The summed E-state index contributed by atoms with van der Waals surface area (Å²) in [5.74, 6) is 0.209. The highest BCUT2D eigenvalue weighted by Crippen LogP contribution is 2.31. The number of methoxy groups -OCH3 is 1. The van der Waals surface area contributed by atoms with Gasteiger partial charge in [-0.2, -0.15) is 0 Å². The highest BCUT2D eigenvalue weighted by molar-refractivity contribution is 7.11. The molecule has 1 fully saturated rings. The van der Waals surface area contributed by atoms with Crippen LogP contribution in [0.4, 0.5) is 0 Å². The average Bonchev–Trinajstić information content (AvgIpc) is 3.49. The van der Waals surface area contributed by atoms with Gasteiger partial charge in [-0.1, -0.05) is 30.3 Å². The molecule has 0 bridgehead atoms. The summed E-state index contributed by atoms with van der Waals surface area (Å²) in [5, 5.41) is 0. The van der Waals surface area contributed by atoms with E-state index < -0.39 is 0 Å². The largest absolute Gasteiger partial charge is 0.385 e. The third kappa shape index (κ3) is 6.68. The van der Waals surface area contributed by atoms with E-state index in [1.807, 2.05) is 35.2 Å². The standard InChI is InChI=1S/C23H30N2O3S/c1-18-9-12-21(29-18)16-25(15-19-7-4-3-5-8-19)22(26)17-24(13-6-14-28-2)23(27)20-10-11-20/h3-5,7-9,12,20H,6,10-11,13-17H2,1-2H3. The second-order valence-electron chi connectivity index (χ2n) is 7.63. The lowest BCUT2D eigenvalue weighted by Crippen LogP contribution is -2.43. The fourth-order valence-corrected chi connectivity index (χ4v) is 4.22. The molecule has 0 spiro atoms. The summed E-state index contributed by atoms with van der Waals surface area (Å²) in [4.78, 5) is 31.9. The summed E-state index contributed by atoms with van der Waals surface area (Å²) in [6.45, 7) is 4.46. The van der Waals surface area contributed by atoms with Crippen LogP contribution in [0.1, 0.15) is 34.6 Å². The number of hydrogen-bond donors (Lipinski definition) is 0. The van der Waals surface area contributed by atoms with Gasteiger partial charge in [-0.25, -0.2) is 0 Å². The molecule has 0 N–H and O–H groups in total. The van der Waals surface area contributed by atoms with Crippen LogP contribution in [0, 0.1) is 12.8 Å². The van der Waals surface area contributed by atoms with Gasteiger partial charge in [0.2, 0.25) is 11.8 Å². The van der Waals surface area contributed by atoms with Gasteiger partial charge in [0.05, 0.1) is 13.1 Å². The van der Waals surface area contributed by atoms with E-state index in [9.17, 15) is 9.59 Å². The van der Waals surface area contributed by atoms with Gasteiger partial charge in [0, 0.05) is 42.5 Å². The first-order valence-corrected chi connectivity index (χ1v) is 11.0. The van der Waals surface area contributed by atoms with Gasteiger partial charge in [-0.05, 0) is 43.9 Å². The number of thiophene rings is 1. The summed E-state index contributed by atoms with van der Waals surface area (Å²) >= 11 is 1.71. The number of carbonyl (C=O) groups excluding carboxylic acids is 2. The van der Waals surface area contributed by atoms with Crippen molar-refractivity contribution in [2.75, 3.05) is 26.8 Å². The minimum absolute atomic E-state index is 0.00803. The molecule has 6 heteroatoms. The lowest BCUT2D eigenvalue weighted by atomic mass is 10.2. The molecule has 5 nitrogen and oxygen atoms in total. The molecule has 1 aromatic heterocycles. The normalized spacial score (nSPS) is 13.3. The van der Waals surface area contributed by atoms with Crippen LogP contribution in [0.2, 0.25) is 0 Å². The maximum absolute atomic E-state index is 13.3. The second kappa shape index (κ2) is 10.6. The molecular weight excluding hydrogens is 384 g/mol. The van der Waals surface area contributed by atoms with E-state index in [-0.39, 0.29) is 24.3 Å². The van der Waals surface area contributed by atoms with Crippen LogP contribution in [0.5, 0.6) is 0 Å². The van der Waals surface area contributed by atoms with Crippen molar-refractivity contribution >= 4 is 23.2 Å². The van der Waals surface area contributed by atoms with E-state index in [4.69, 9.17) is 4.74 Å². The third-order valence-corrected chi connectivity index (χ3v) is 6.04. The van der Waals surface area contributed by atoms with E-state index in [1.54, 1.807) is 23.3 Å². The minimum atomic E-state index is -0.00803. The van der Waals surface area contributed by atoms with E-state index in [0.29, 0.717) is 26.2 Å². The molecule has 156 valence electrons. The van der Waals surface area contributed by atoms with Gasteiger partial charge in [0.15, 0.2) is 0 Å². The molecule has 1 heterocycles. The Bertz CT molecular complexity index is 801. The first-order valence-electron chi connectivity index (χ1n) is 10.2. The summed E-state index contributed by atoms with van der Waals surface area (Å²) in [7, 11) is 1.66. The maximum Gasteiger partial charge on any atom is 0.242 e. The number of carbonyl (C=O) groups is 2. The van der Waals surface area contributed by atoms with Crippen LogP contribution in [-0.2, 0) is 27.4 Å². The van der Waals surface area contributed by atoms with Gasteiger partial charge in [0.1, 0.15) is 0 Å². The summed E-state index contributed by atoms with van der Waals surface area (Å²) in [6.07, 6.45) is 2.62. The fraction of sp³-hybridized carbons (Fsp3) is 0.478. The Kier molecular flexibility index (Phi) is 7.83. The van der Waals surface area contributed by atoms with Crippen molar-refractivity contribution in [2.24, 2.45) is 5.92 Å². The molecular formula is C23H30N2O3S. The van der Waals surface area contributed by atoms with E-state index in [1.165, 1.54) is 4.88 Å². The number of benzene rings is 1. The molecule has 1 aliphatic carbocycles. The van der Waals surface area contributed by atoms with E-state index in [2.05, 4.69) is 19.1 Å². The van der Waals surface area contributed by atoms with Crippen LogP contribution in [0.25, 0.3) is 0 Å². The SMILES string of the molecule is COCCCN(CC(=O)N(Cc1ccccc1)Cc1ccc(C)s1)C(=O)C1CC1. The van der Waals surface area contributed by atoms with Crippen LogP contribution in [0.3, 0.4) is 0 Å². The third-order valence-electron chi connectivity index (χ3n) is 5.05. The van der Waals surface area contributed by atoms with Gasteiger partial charge < -0.3 is 14.5 Å². The zero-order valence-electron chi connectivity index (χ0n) is 17.3. The Morgan fingerprint density at radius 3 is 2.45 bits per heavy atom. The molecule has 1 saturated carbocycles. The zero-order chi connectivity index (χ0) is 20.6. The van der Waals surface area contributed by atoms with Crippen LogP contribution >= 0.6 is 11.3 Å². The Balaban J connectivity index is 1.71. The molecule has 3 rings (SSSR count). The Morgan fingerprint density at radius 1 is 1.07 bits per heavy atom. The zero-order valence-corrected chi connectivity index (χ0v) is 18.1. The molecule has 1 aromatic carbocycles. The van der Waals surface area contributed by atoms with Crippen molar-refractivity contribution in [1.29, 1.82) is 0 Å². The molecule has 0 radical (unpaired) electrons. The molecule has 0 atom stereocenters. The summed E-state index contributed by atoms with van der Waals surface area (Å²) < 4.78 is 5.13. The quantitative estimate of drug-likeness (QED) is 0.525. The van der Waals surface area contributed by atoms with Crippen molar-refractivity contribution in [3.05, 3.63) is 57.8 Å². The lowest BCUT2D eigenvalue weighted by molar-refractivity contribution is -0.142. The Morgan fingerprint density at radius 2 is 1.83 bits per heavy atom. The Labute approximate surface area is 177 Å². The smallest absolute Gasteiger partial charge is 0.242 e. The molecule has 0 unspecified atom stereocenters. The van der Waals surface area contributed by atoms with Crippen LogP contribution < -0.4 is 0 Å². The topological polar surface area (TPSA) is 49.9 Å². The van der Waals surface area contributed by atoms with Crippen molar-refractivity contribution in [3.8, 4) is 0 Å². The molecule has 1 aliphatic rings. The number of rotatable bonds is 11. The van der Waals surface area contributed by atoms with E-state index in [0.717, 1.165) is 29.7 Å². The monoisotopic (exact) mass is 414 g/mol. The highest BCUT2D eigenvalue weighted by atomic mass is 32.1. The van der Waals surface area contributed by atoms with Gasteiger partial charge in [-0.15, -0.1) is 11.3 Å². The van der Waals surface area contributed by atoms with Crippen molar-refractivity contribution in [1.82, 2.24) is 9.80 Å². The first kappa shape index (κ1) is 21.5. The minimum Gasteiger partial charge on any atom is -0.385 e. The first-order chi connectivity index (χ1) is 14.1. The van der Waals surface area contributed by atoms with Gasteiger partial charge >= 0.3 is 0 Å². The van der Waals surface area contributed by atoms with Crippen molar-refractivity contribution in [2.45, 2.75) is 39.3 Å². The molecule has 0 aliphatic heterocycles. The predicted octanol–water partition coefficient (Wildman–Crippen LogP) is 3.86. The van der Waals surface area contributed by atoms with Crippen molar-refractivity contribution in [3.63, 3.8) is 0 Å². The lowest BCUT2D eigenvalue weighted by Gasteiger charge is -2.28. The second-order valence-corrected chi connectivity index (χ2v) is 9.00. The fourth-order valence-electron chi connectivity index (χ4n) is 3.31. The molecule has 2 amide bonds. The van der Waals surface area contributed by atoms with Crippen LogP contribution in [0.15, 0.2) is 42.5 Å². The predicted molar refractivity (Wildman–Crippen MR) is 116 cm³/mol. The van der Waals surface area contributed by atoms with Gasteiger partial charge in [-0.3, -0.25) is 9.59 Å². The number of amides is 2. The number of aryl methyl sites for hydroxylation is 1. The van der Waals surface area contributed by atoms with Gasteiger partial charge in [0.25, 0.3) is 0 Å². The maximum atomic E-state index is 13.3. The number of nitrogens with zero attached hydrogens (tertiary/aromatic N) is 2. The average molecular weight is 415 g/mol. The number of ether oxygens (including phenoxy) is 1.